The lowest BCUT2D eigenvalue weighted by Gasteiger charge is -2.32. The molecule has 7 heteroatoms. The van der Waals surface area contributed by atoms with E-state index in [4.69, 9.17) is 38.2 Å². The van der Waals surface area contributed by atoms with Crippen molar-refractivity contribution in [3.63, 3.8) is 0 Å². The van der Waals surface area contributed by atoms with E-state index in [-0.39, 0.29) is 15.6 Å². The molecule has 0 amide bonds. The van der Waals surface area contributed by atoms with Gasteiger partial charge in [0.05, 0.1) is 22.2 Å². The van der Waals surface area contributed by atoms with Crippen LogP contribution in [0.1, 0.15) is 39.2 Å². The zero-order valence-corrected chi connectivity index (χ0v) is 13.3. The summed E-state index contributed by atoms with van der Waals surface area (Å²) < 4.78 is 25.8. The first-order valence-corrected chi connectivity index (χ1v) is 7.07. The minimum Gasteiger partial charge on any atom is -0.402 e. The van der Waals surface area contributed by atoms with Crippen LogP contribution >= 0.6 is 23.2 Å². The summed E-state index contributed by atoms with van der Waals surface area (Å²) in [5.41, 5.74) is 5.10. The van der Waals surface area contributed by atoms with Gasteiger partial charge in [0.15, 0.2) is 0 Å². The normalized spacial score (nSPS) is 22.1. The van der Waals surface area contributed by atoms with Gasteiger partial charge in [-0.05, 0) is 39.8 Å². The molecule has 1 aromatic carbocycles. The first-order valence-electron chi connectivity index (χ1n) is 6.31. The van der Waals surface area contributed by atoms with Crippen LogP contribution in [0.5, 0.6) is 0 Å². The molecule has 0 unspecified atom stereocenters. The van der Waals surface area contributed by atoms with Crippen LogP contribution in [-0.2, 0) is 9.31 Å². The van der Waals surface area contributed by atoms with Crippen molar-refractivity contribution in [1.29, 1.82) is 0 Å². The Labute approximate surface area is 128 Å². The molecular formula is C13H17BCl2FNO2. The summed E-state index contributed by atoms with van der Waals surface area (Å²) in [5.74, 6) is -1.50. The molecule has 0 saturated carbocycles. The molecule has 110 valence electrons. The van der Waals surface area contributed by atoms with Gasteiger partial charge in [-0.3, -0.25) is 0 Å². The van der Waals surface area contributed by atoms with Gasteiger partial charge in [-0.15, -0.1) is 0 Å². The van der Waals surface area contributed by atoms with E-state index in [2.05, 4.69) is 0 Å². The highest BCUT2D eigenvalue weighted by Crippen LogP contribution is 2.41. The second kappa shape index (κ2) is 5.14. The predicted octanol–water partition coefficient (Wildman–Crippen LogP) is 3.76. The standard InChI is InChI=1S/C13H17BCl2FNO2/c1-12(2)13(3,4)20-14(19-12)11(18)9-7(15)5-6-8(16)10(9)17/h5-6,11H,18H2,1-4H3/t11-/m1/s1. The van der Waals surface area contributed by atoms with E-state index in [1.54, 1.807) is 0 Å². The van der Waals surface area contributed by atoms with Gasteiger partial charge in [-0.25, -0.2) is 4.39 Å². The van der Waals surface area contributed by atoms with Crippen LogP contribution in [0.25, 0.3) is 0 Å². The summed E-state index contributed by atoms with van der Waals surface area (Å²) in [4.78, 5) is 0. The molecule has 2 rings (SSSR count). The molecule has 1 heterocycles. The van der Waals surface area contributed by atoms with E-state index in [1.807, 2.05) is 27.7 Å². The summed E-state index contributed by atoms with van der Waals surface area (Å²) in [6.07, 6.45) is 0. The lowest BCUT2D eigenvalue weighted by atomic mass is 9.74. The average Bonchev–Trinajstić information content (AvgIpc) is 2.54. The van der Waals surface area contributed by atoms with Crippen LogP contribution in [0.2, 0.25) is 10.0 Å². The van der Waals surface area contributed by atoms with Gasteiger partial charge >= 0.3 is 7.12 Å². The van der Waals surface area contributed by atoms with Crippen molar-refractivity contribution in [3.05, 3.63) is 33.6 Å². The van der Waals surface area contributed by atoms with Gasteiger partial charge in [-0.1, -0.05) is 23.2 Å². The molecule has 1 fully saturated rings. The summed E-state index contributed by atoms with van der Waals surface area (Å²) >= 11 is 11.8. The van der Waals surface area contributed by atoms with Crippen LogP contribution in [-0.4, -0.2) is 18.3 Å². The van der Waals surface area contributed by atoms with Crippen LogP contribution in [0, 0.1) is 5.82 Å². The lowest BCUT2D eigenvalue weighted by molar-refractivity contribution is 0.00578. The van der Waals surface area contributed by atoms with Crippen molar-refractivity contribution in [2.75, 3.05) is 0 Å². The SMILES string of the molecule is CC1(C)OB([C@H](N)c2c(Cl)ccc(Cl)c2F)OC1(C)C. The van der Waals surface area contributed by atoms with Crippen LogP contribution < -0.4 is 5.73 Å². The van der Waals surface area contributed by atoms with Gasteiger partial charge in [-0.2, -0.15) is 0 Å². The Bertz CT molecular complexity index is 523. The molecule has 3 nitrogen and oxygen atoms in total. The molecule has 1 aliphatic heterocycles. The molecule has 1 atom stereocenters. The van der Waals surface area contributed by atoms with Gasteiger partial charge in [0, 0.05) is 10.6 Å². The number of hydrogen-bond donors (Lipinski definition) is 1. The van der Waals surface area contributed by atoms with E-state index in [0.717, 1.165) is 0 Å². The van der Waals surface area contributed by atoms with Crippen molar-refractivity contribution in [2.45, 2.75) is 44.8 Å². The highest BCUT2D eigenvalue weighted by atomic mass is 35.5. The number of benzene rings is 1. The van der Waals surface area contributed by atoms with Crippen LogP contribution in [0.3, 0.4) is 0 Å². The summed E-state index contributed by atoms with van der Waals surface area (Å²) in [6, 6.07) is 2.90. The molecule has 1 aromatic rings. The van der Waals surface area contributed by atoms with Crippen LogP contribution in [0.15, 0.2) is 12.1 Å². The molecule has 0 aromatic heterocycles. The molecule has 2 N–H and O–H groups in total. The molecule has 0 aliphatic carbocycles. The minimum atomic E-state index is -0.859. The topological polar surface area (TPSA) is 44.5 Å². The average molecular weight is 320 g/mol. The number of hydrogen-bond acceptors (Lipinski definition) is 3. The monoisotopic (exact) mass is 319 g/mol. The van der Waals surface area contributed by atoms with Crippen molar-refractivity contribution < 1.29 is 13.7 Å². The molecule has 1 saturated heterocycles. The summed E-state index contributed by atoms with van der Waals surface area (Å²) in [6.45, 7) is 7.59. The Kier molecular flexibility index (Phi) is 4.13. The Morgan fingerprint density at radius 3 is 2.05 bits per heavy atom. The van der Waals surface area contributed by atoms with Crippen molar-refractivity contribution in [1.82, 2.24) is 0 Å². The molecule has 0 spiro atoms. The maximum atomic E-state index is 14.1. The Morgan fingerprint density at radius 1 is 1.10 bits per heavy atom. The predicted molar refractivity (Wildman–Crippen MR) is 79.4 cm³/mol. The van der Waals surface area contributed by atoms with Crippen molar-refractivity contribution in [2.24, 2.45) is 5.73 Å². The molecule has 1 aliphatic rings. The Morgan fingerprint density at radius 2 is 1.55 bits per heavy atom. The maximum absolute atomic E-state index is 14.1. The molecule has 20 heavy (non-hydrogen) atoms. The van der Waals surface area contributed by atoms with E-state index >= 15 is 0 Å². The summed E-state index contributed by atoms with van der Waals surface area (Å²) in [7, 11) is -0.787. The first kappa shape index (κ1) is 16.1. The van der Waals surface area contributed by atoms with Gasteiger partial charge in [0.25, 0.3) is 0 Å². The third kappa shape index (κ3) is 2.58. The smallest absolute Gasteiger partial charge is 0.402 e. The maximum Gasteiger partial charge on any atom is 0.480 e. The van der Waals surface area contributed by atoms with Crippen molar-refractivity contribution in [3.8, 4) is 0 Å². The first-order chi connectivity index (χ1) is 9.07. The number of nitrogens with two attached hydrogens (primary N) is 1. The van der Waals surface area contributed by atoms with E-state index < -0.39 is 30.1 Å². The molecule has 0 radical (unpaired) electrons. The zero-order valence-electron chi connectivity index (χ0n) is 11.8. The third-order valence-electron chi connectivity index (χ3n) is 3.98. The van der Waals surface area contributed by atoms with Gasteiger partial charge < -0.3 is 15.0 Å². The van der Waals surface area contributed by atoms with Crippen molar-refractivity contribution >= 4 is 30.3 Å². The minimum absolute atomic E-state index is 0.0311. The third-order valence-corrected chi connectivity index (χ3v) is 4.60. The fourth-order valence-corrected chi connectivity index (χ4v) is 2.46. The fourth-order valence-electron chi connectivity index (χ4n) is 2.02. The zero-order chi connectivity index (χ0) is 15.3. The fraction of sp³-hybridized carbons (Fsp3) is 0.538. The van der Waals surface area contributed by atoms with E-state index in [9.17, 15) is 4.39 Å². The molecular weight excluding hydrogens is 303 g/mol. The second-order valence-corrected chi connectivity index (χ2v) is 6.72. The Balaban J connectivity index is 2.35. The molecule has 0 bridgehead atoms. The van der Waals surface area contributed by atoms with E-state index in [0.29, 0.717) is 0 Å². The highest BCUT2D eigenvalue weighted by Gasteiger charge is 2.54. The number of halogens is 3. The van der Waals surface area contributed by atoms with E-state index in [1.165, 1.54) is 12.1 Å². The Hall–Kier alpha value is -0.325. The van der Waals surface area contributed by atoms with Gasteiger partial charge in [0.1, 0.15) is 5.82 Å². The second-order valence-electron chi connectivity index (χ2n) is 5.91. The summed E-state index contributed by atoms with van der Waals surface area (Å²) in [5, 5.41) is 0.172. The number of rotatable bonds is 2. The lowest BCUT2D eigenvalue weighted by Crippen LogP contribution is -2.41. The highest BCUT2D eigenvalue weighted by molar-refractivity contribution is 6.48. The quantitative estimate of drug-likeness (QED) is 0.666. The largest absolute Gasteiger partial charge is 0.480 e. The van der Waals surface area contributed by atoms with Crippen LogP contribution in [0.4, 0.5) is 4.39 Å². The van der Waals surface area contributed by atoms with Gasteiger partial charge in [0.2, 0.25) is 0 Å².